The number of nitrogens with one attached hydrogen (secondary N) is 1. The lowest BCUT2D eigenvalue weighted by atomic mass is 9.90. The number of hydrogen-bond acceptors (Lipinski definition) is 3. The van der Waals surface area contributed by atoms with Crippen LogP contribution in [0.1, 0.15) is 12.8 Å². The number of rotatable bonds is 2. The third kappa shape index (κ3) is 1.49. The van der Waals surface area contributed by atoms with Gasteiger partial charge >= 0.3 is 0 Å². The summed E-state index contributed by atoms with van der Waals surface area (Å²) in [5.41, 5.74) is 0. The highest BCUT2D eigenvalue weighted by Gasteiger charge is 2.31. The Morgan fingerprint density at radius 3 is 2.83 bits per heavy atom. The van der Waals surface area contributed by atoms with E-state index in [1.165, 1.54) is 25.9 Å². The first-order chi connectivity index (χ1) is 5.92. The van der Waals surface area contributed by atoms with Gasteiger partial charge in [0.15, 0.2) is 0 Å². The predicted molar refractivity (Wildman–Crippen MR) is 48.0 cm³/mol. The van der Waals surface area contributed by atoms with E-state index in [-0.39, 0.29) is 0 Å². The van der Waals surface area contributed by atoms with Crippen molar-refractivity contribution in [2.75, 3.05) is 32.8 Å². The van der Waals surface area contributed by atoms with Gasteiger partial charge in [-0.3, -0.25) is 4.90 Å². The lowest BCUT2D eigenvalue weighted by molar-refractivity contribution is 0.0342. The van der Waals surface area contributed by atoms with Crippen LogP contribution in [0.3, 0.4) is 0 Å². The molecule has 2 heterocycles. The van der Waals surface area contributed by atoms with Gasteiger partial charge in [-0.15, -0.1) is 0 Å². The van der Waals surface area contributed by atoms with Gasteiger partial charge in [0.1, 0.15) is 0 Å². The van der Waals surface area contributed by atoms with Crippen LogP contribution in [0.4, 0.5) is 0 Å². The summed E-state index contributed by atoms with van der Waals surface area (Å²) in [4.78, 5) is 2.52. The number of aliphatic hydroxyl groups is 1. The molecule has 0 aromatic carbocycles. The topological polar surface area (TPSA) is 35.5 Å². The van der Waals surface area contributed by atoms with Crippen molar-refractivity contribution in [3.8, 4) is 0 Å². The van der Waals surface area contributed by atoms with E-state index in [4.69, 9.17) is 5.11 Å². The summed E-state index contributed by atoms with van der Waals surface area (Å²) in [7, 11) is 0. The van der Waals surface area contributed by atoms with Gasteiger partial charge in [-0.25, -0.2) is 0 Å². The first-order valence-corrected chi connectivity index (χ1v) is 4.97. The molecule has 2 fully saturated rings. The molecule has 0 amide bonds. The molecule has 70 valence electrons. The largest absolute Gasteiger partial charge is 0.396 e. The molecule has 0 aromatic heterocycles. The van der Waals surface area contributed by atoms with Crippen molar-refractivity contribution < 1.29 is 5.11 Å². The second-order valence-electron chi connectivity index (χ2n) is 3.89. The van der Waals surface area contributed by atoms with Gasteiger partial charge in [-0.1, -0.05) is 0 Å². The molecular formula is C9H18N2O. The standard InChI is InChI=1S/C9H18N2O/c12-7-8-6-10-3-2-9(8)11-4-1-5-11/h8-10,12H,1-7H2/t8-,9+/m0/s1. The highest BCUT2D eigenvalue weighted by atomic mass is 16.3. The van der Waals surface area contributed by atoms with E-state index in [0.29, 0.717) is 18.6 Å². The van der Waals surface area contributed by atoms with Crippen LogP contribution >= 0.6 is 0 Å². The Morgan fingerprint density at radius 1 is 1.42 bits per heavy atom. The fourth-order valence-electron chi connectivity index (χ4n) is 2.25. The second kappa shape index (κ2) is 3.73. The average molecular weight is 170 g/mol. The van der Waals surface area contributed by atoms with E-state index in [9.17, 15) is 0 Å². The zero-order valence-electron chi connectivity index (χ0n) is 7.50. The molecule has 0 saturated carbocycles. The van der Waals surface area contributed by atoms with E-state index >= 15 is 0 Å². The summed E-state index contributed by atoms with van der Waals surface area (Å²) >= 11 is 0. The van der Waals surface area contributed by atoms with E-state index in [1.54, 1.807) is 0 Å². The fraction of sp³-hybridized carbons (Fsp3) is 1.00. The molecule has 12 heavy (non-hydrogen) atoms. The van der Waals surface area contributed by atoms with Gasteiger partial charge in [0.25, 0.3) is 0 Å². The molecule has 2 aliphatic rings. The summed E-state index contributed by atoms with van der Waals surface area (Å²) < 4.78 is 0. The van der Waals surface area contributed by atoms with Crippen molar-refractivity contribution in [2.24, 2.45) is 5.92 Å². The molecule has 2 rings (SSSR count). The van der Waals surface area contributed by atoms with Gasteiger partial charge in [0, 0.05) is 25.1 Å². The Bertz CT molecular complexity index is 147. The highest BCUT2D eigenvalue weighted by molar-refractivity contribution is 4.88. The van der Waals surface area contributed by atoms with Crippen molar-refractivity contribution in [3.05, 3.63) is 0 Å². The first-order valence-electron chi connectivity index (χ1n) is 4.97. The van der Waals surface area contributed by atoms with Crippen molar-refractivity contribution in [1.82, 2.24) is 10.2 Å². The van der Waals surface area contributed by atoms with Crippen LogP contribution in [-0.2, 0) is 0 Å². The zero-order valence-corrected chi connectivity index (χ0v) is 7.50. The lowest BCUT2D eigenvalue weighted by Crippen LogP contribution is -2.55. The predicted octanol–water partition coefficient (Wildman–Crippen LogP) is -0.337. The normalized spacial score (nSPS) is 37.8. The minimum Gasteiger partial charge on any atom is -0.396 e. The van der Waals surface area contributed by atoms with Crippen LogP contribution in [0.5, 0.6) is 0 Å². The number of aliphatic hydroxyl groups excluding tert-OH is 1. The maximum Gasteiger partial charge on any atom is 0.0486 e. The van der Waals surface area contributed by atoms with Gasteiger partial charge in [0.2, 0.25) is 0 Å². The summed E-state index contributed by atoms with van der Waals surface area (Å²) in [6, 6.07) is 0.657. The summed E-state index contributed by atoms with van der Waals surface area (Å²) in [5, 5.41) is 12.5. The van der Waals surface area contributed by atoms with Crippen molar-refractivity contribution >= 4 is 0 Å². The van der Waals surface area contributed by atoms with Crippen LogP contribution in [-0.4, -0.2) is 48.8 Å². The van der Waals surface area contributed by atoms with Gasteiger partial charge < -0.3 is 10.4 Å². The molecule has 0 bridgehead atoms. The molecular weight excluding hydrogens is 152 g/mol. The molecule has 0 radical (unpaired) electrons. The molecule has 2 aliphatic heterocycles. The van der Waals surface area contributed by atoms with Crippen molar-refractivity contribution in [3.63, 3.8) is 0 Å². The van der Waals surface area contributed by atoms with E-state index in [2.05, 4.69) is 10.2 Å². The highest BCUT2D eigenvalue weighted by Crippen LogP contribution is 2.22. The van der Waals surface area contributed by atoms with Crippen LogP contribution in [0, 0.1) is 5.92 Å². The van der Waals surface area contributed by atoms with E-state index in [0.717, 1.165) is 13.1 Å². The molecule has 2 N–H and O–H groups in total. The fourth-order valence-corrected chi connectivity index (χ4v) is 2.25. The van der Waals surface area contributed by atoms with E-state index in [1.807, 2.05) is 0 Å². The zero-order chi connectivity index (χ0) is 8.39. The third-order valence-corrected chi connectivity index (χ3v) is 3.16. The molecule has 2 atom stereocenters. The second-order valence-corrected chi connectivity index (χ2v) is 3.89. The molecule has 0 unspecified atom stereocenters. The SMILES string of the molecule is OC[C@@H]1CNCC[C@H]1N1CCC1. The Hall–Kier alpha value is -0.120. The maximum atomic E-state index is 9.16. The first kappa shape index (κ1) is 8.48. The van der Waals surface area contributed by atoms with Crippen LogP contribution < -0.4 is 5.32 Å². The molecule has 3 heteroatoms. The quantitative estimate of drug-likeness (QED) is 0.595. The van der Waals surface area contributed by atoms with Crippen LogP contribution in [0.25, 0.3) is 0 Å². The van der Waals surface area contributed by atoms with Crippen LogP contribution in [0.15, 0.2) is 0 Å². The molecule has 0 spiro atoms. The van der Waals surface area contributed by atoms with Crippen LogP contribution in [0.2, 0.25) is 0 Å². The van der Waals surface area contributed by atoms with Gasteiger partial charge in [-0.2, -0.15) is 0 Å². The van der Waals surface area contributed by atoms with E-state index < -0.39 is 0 Å². The van der Waals surface area contributed by atoms with Crippen molar-refractivity contribution in [2.45, 2.75) is 18.9 Å². The molecule has 3 nitrogen and oxygen atoms in total. The smallest absolute Gasteiger partial charge is 0.0486 e. The van der Waals surface area contributed by atoms with Crippen molar-refractivity contribution in [1.29, 1.82) is 0 Å². The minimum absolute atomic E-state index is 0.341. The van der Waals surface area contributed by atoms with Gasteiger partial charge in [0.05, 0.1) is 0 Å². The summed E-state index contributed by atoms with van der Waals surface area (Å²) in [6.45, 7) is 4.96. The summed E-state index contributed by atoms with van der Waals surface area (Å²) in [5.74, 6) is 0.471. The molecule has 0 aromatic rings. The number of likely N-dealkylation sites (tertiary alicyclic amines) is 1. The molecule has 0 aliphatic carbocycles. The maximum absolute atomic E-state index is 9.16. The number of nitrogens with zero attached hydrogens (tertiary/aromatic N) is 1. The summed E-state index contributed by atoms with van der Waals surface area (Å²) in [6.07, 6.45) is 2.56. The average Bonchev–Trinajstić information content (AvgIpc) is 2.02. The Balaban J connectivity index is 1.90. The Morgan fingerprint density at radius 2 is 2.25 bits per heavy atom. The minimum atomic E-state index is 0.341. The molecule has 2 saturated heterocycles. The lowest BCUT2D eigenvalue weighted by Gasteiger charge is -2.44. The van der Waals surface area contributed by atoms with Gasteiger partial charge in [-0.05, 0) is 32.5 Å². The Labute approximate surface area is 73.8 Å². The number of piperidine rings is 1. The Kier molecular flexibility index (Phi) is 2.63. The third-order valence-electron chi connectivity index (χ3n) is 3.16. The monoisotopic (exact) mass is 170 g/mol. The number of hydrogen-bond donors (Lipinski definition) is 2.